The number of hydrogen-bond donors (Lipinski definition) is 1. The molecule has 2 aromatic carbocycles. The number of alkyl halides is 3. The van der Waals surface area contributed by atoms with E-state index in [-0.39, 0.29) is 10.7 Å². The van der Waals surface area contributed by atoms with E-state index in [1.807, 2.05) is 6.07 Å². The first kappa shape index (κ1) is 22.3. The van der Waals surface area contributed by atoms with Crippen molar-refractivity contribution >= 4 is 33.1 Å². The Morgan fingerprint density at radius 2 is 1.72 bits per heavy atom. The third-order valence-corrected chi connectivity index (χ3v) is 6.90. The molecule has 1 saturated heterocycles. The van der Waals surface area contributed by atoms with Crippen molar-refractivity contribution in [3.8, 4) is 11.3 Å². The van der Waals surface area contributed by atoms with Gasteiger partial charge in [-0.3, -0.25) is 4.72 Å². The zero-order chi connectivity index (χ0) is 22.9. The summed E-state index contributed by atoms with van der Waals surface area (Å²) in [4.78, 5) is 1.48. The van der Waals surface area contributed by atoms with Gasteiger partial charge in [-0.2, -0.15) is 13.2 Å². The third kappa shape index (κ3) is 4.81. The van der Waals surface area contributed by atoms with E-state index in [4.69, 9.17) is 11.6 Å². The van der Waals surface area contributed by atoms with E-state index in [1.54, 1.807) is 18.2 Å². The number of nitrogens with zero attached hydrogens (tertiary/aromatic N) is 3. The van der Waals surface area contributed by atoms with Crippen LogP contribution in [0.25, 0.3) is 11.3 Å². The Morgan fingerprint density at radius 3 is 2.38 bits per heavy atom. The fraction of sp³-hybridized carbons (Fsp3) is 0.238. The van der Waals surface area contributed by atoms with Crippen molar-refractivity contribution in [2.24, 2.45) is 0 Å². The van der Waals surface area contributed by atoms with Gasteiger partial charge in [-0.25, -0.2) is 8.42 Å². The topological polar surface area (TPSA) is 75.2 Å². The van der Waals surface area contributed by atoms with Crippen molar-refractivity contribution in [2.75, 3.05) is 22.7 Å². The van der Waals surface area contributed by atoms with Gasteiger partial charge >= 0.3 is 6.18 Å². The van der Waals surface area contributed by atoms with Gasteiger partial charge in [0.25, 0.3) is 10.0 Å². The van der Waals surface area contributed by atoms with Crippen molar-refractivity contribution in [1.82, 2.24) is 10.2 Å². The molecule has 2 heterocycles. The quantitative estimate of drug-likeness (QED) is 0.540. The molecule has 1 aromatic heterocycles. The van der Waals surface area contributed by atoms with Gasteiger partial charge in [0.15, 0.2) is 5.82 Å². The first-order valence-corrected chi connectivity index (χ1v) is 11.6. The van der Waals surface area contributed by atoms with E-state index in [9.17, 15) is 21.6 Å². The molecule has 0 radical (unpaired) electrons. The Bertz CT molecular complexity index is 1230. The summed E-state index contributed by atoms with van der Waals surface area (Å²) in [6.07, 6.45) is -2.47. The van der Waals surface area contributed by atoms with Crippen LogP contribution in [0.5, 0.6) is 0 Å². The van der Waals surface area contributed by atoms with E-state index in [2.05, 4.69) is 19.8 Å². The molecule has 0 bridgehead atoms. The molecule has 0 aliphatic carbocycles. The Hall–Kier alpha value is -2.85. The Labute approximate surface area is 188 Å². The van der Waals surface area contributed by atoms with Crippen LogP contribution in [-0.2, 0) is 16.2 Å². The summed E-state index contributed by atoms with van der Waals surface area (Å²) in [5.74, 6) is 0.780. The highest BCUT2D eigenvalue weighted by Gasteiger charge is 2.32. The maximum absolute atomic E-state index is 13.0. The summed E-state index contributed by atoms with van der Waals surface area (Å²) >= 11 is 5.88. The summed E-state index contributed by atoms with van der Waals surface area (Å²) in [6.45, 7) is 1.87. The first-order valence-electron chi connectivity index (χ1n) is 9.72. The molecule has 3 aromatic rings. The molecule has 0 spiro atoms. The van der Waals surface area contributed by atoms with Gasteiger partial charge in [0.05, 0.1) is 16.3 Å². The predicted octanol–water partition coefficient (Wildman–Crippen LogP) is 5.22. The Balaban J connectivity index is 1.59. The zero-order valence-corrected chi connectivity index (χ0v) is 18.2. The fourth-order valence-corrected chi connectivity index (χ4v) is 5.01. The van der Waals surface area contributed by atoms with Crippen LogP contribution in [0.1, 0.15) is 18.4 Å². The van der Waals surface area contributed by atoms with Crippen LogP contribution in [0.3, 0.4) is 0 Å². The largest absolute Gasteiger partial charge is 0.416 e. The molecule has 0 unspecified atom stereocenters. The molecule has 1 fully saturated rings. The number of aromatic nitrogens is 2. The zero-order valence-electron chi connectivity index (χ0n) is 16.6. The summed E-state index contributed by atoms with van der Waals surface area (Å²) in [5.41, 5.74) is 0.178. The molecule has 6 nitrogen and oxygen atoms in total. The second-order valence-corrected chi connectivity index (χ2v) is 9.36. The lowest BCUT2D eigenvalue weighted by Gasteiger charge is -2.15. The van der Waals surface area contributed by atoms with E-state index in [0.29, 0.717) is 17.3 Å². The second kappa shape index (κ2) is 8.59. The van der Waals surface area contributed by atoms with Crippen LogP contribution in [0.15, 0.2) is 59.5 Å². The van der Waals surface area contributed by atoms with E-state index in [0.717, 1.165) is 43.9 Å². The van der Waals surface area contributed by atoms with Crippen LogP contribution in [0.2, 0.25) is 5.02 Å². The van der Waals surface area contributed by atoms with Crippen molar-refractivity contribution in [1.29, 1.82) is 0 Å². The van der Waals surface area contributed by atoms with E-state index >= 15 is 0 Å². The molecule has 0 atom stereocenters. The van der Waals surface area contributed by atoms with Crippen molar-refractivity contribution in [3.63, 3.8) is 0 Å². The number of halogens is 4. The van der Waals surface area contributed by atoms with E-state index in [1.165, 1.54) is 12.1 Å². The van der Waals surface area contributed by atoms with Crippen LogP contribution in [0.4, 0.5) is 24.7 Å². The van der Waals surface area contributed by atoms with Gasteiger partial charge in [-0.15, -0.1) is 10.2 Å². The van der Waals surface area contributed by atoms with Gasteiger partial charge in [-0.1, -0.05) is 23.7 Å². The molecule has 4 rings (SSSR count). The number of rotatable bonds is 5. The lowest BCUT2D eigenvalue weighted by Crippen LogP contribution is -2.19. The summed E-state index contributed by atoms with van der Waals surface area (Å²) in [5, 5.41) is 8.16. The SMILES string of the molecule is O=S(=O)(Nc1cccc(-c2ccc(N3CCCC3)nn2)c1)c1cc(C(F)(F)F)ccc1Cl. The minimum atomic E-state index is -4.70. The van der Waals surface area contributed by atoms with Gasteiger partial charge in [-0.05, 0) is 55.3 Å². The summed E-state index contributed by atoms with van der Waals surface area (Å²) < 4.78 is 66.8. The molecule has 1 aliphatic rings. The smallest absolute Gasteiger partial charge is 0.355 e. The summed E-state index contributed by atoms with van der Waals surface area (Å²) in [6, 6.07) is 12.1. The molecule has 0 saturated carbocycles. The molecule has 32 heavy (non-hydrogen) atoms. The number of anilines is 2. The van der Waals surface area contributed by atoms with Gasteiger partial charge in [0.1, 0.15) is 4.90 Å². The molecular formula is C21H18ClF3N4O2S. The lowest BCUT2D eigenvalue weighted by atomic mass is 10.1. The monoisotopic (exact) mass is 482 g/mol. The Morgan fingerprint density at radius 1 is 0.969 bits per heavy atom. The minimum absolute atomic E-state index is 0.154. The number of nitrogens with one attached hydrogen (secondary N) is 1. The third-order valence-electron chi connectivity index (χ3n) is 5.04. The average Bonchev–Trinajstić information content (AvgIpc) is 3.28. The maximum atomic E-state index is 13.0. The summed E-state index contributed by atoms with van der Waals surface area (Å²) in [7, 11) is -4.37. The van der Waals surface area contributed by atoms with Gasteiger partial charge in [0, 0.05) is 24.3 Å². The highest BCUT2D eigenvalue weighted by molar-refractivity contribution is 7.92. The lowest BCUT2D eigenvalue weighted by molar-refractivity contribution is -0.137. The van der Waals surface area contributed by atoms with Crippen molar-refractivity contribution < 1.29 is 21.6 Å². The number of sulfonamides is 1. The standard InChI is InChI=1S/C21H18ClF3N4O2S/c22-17-7-6-15(21(23,24)25)13-19(17)32(30,31)28-16-5-3-4-14(12-16)18-8-9-20(27-26-18)29-10-1-2-11-29/h3-9,12-13,28H,1-2,10-11H2. The van der Waals surface area contributed by atoms with Crippen LogP contribution in [-0.4, -0.2) is 31.7 Å². The normalized spacial score (nSPS) is 14.6. The average molecular weight is 483 g/mol. The van der Waals surface area contributed by atoms with Gasteiger partial charge < -0.3 is 4.90 Å². The highest BCUT2D eigenvalue weighted by atomic mass is 35.5. The van der Waals surface area contributed by atoms with Gasteiger partial charge in [0.2, 0.25) is 0 Å². The maximum Gasteiger partial charge on any atom is 0.416 e. The Kier molecular flexibility index (Phi) is 6.00. The van der Waals surface area contributed by atoms with Crippen LogP contribution >= 0.6 is 11.6 Å². The minimum Gasteiger partial charge on any atom is -0.355 e. The fourth-order valence-electron chi connectivity index (χ4n) is 3.43. The van der Waals surface area contributed by atoms with E-state index < -0.39 is 26.7 Å². The number of hydrogen-bond acceptors (Lipinski definition) is 5. The second-order valence-electron chi connectivity index (χ2n) is 7.30. The van der Waals surface area contributed by atoms with Crippen LogP contribution < -0.4 is 9.62 Å². The van der Waals surface area contributed by atoms with Crippen molar-refractivity contribution in [3.05, 3.63) is 65.2 Å². The van der Waals surface area contributed by atoms with Crippen LogP contribution in [0, 0.1) is 0 Å². The number of benzene rings is 2. The molecule has 168 valence electrons. The predicted molar refractivity (Wildman–Crippen MR) is 116 cm³/mol. The van der Waals surface area contributed by atoms with Crippen molar-refractivity contribution in [2.45, 2.75) is 23.9 Å². The molecule has 1 aliphatic heterocycles. The molecule has 1 N–H and O–H groups in total. The molecule has 11 heteroatoms. The molecule has 0 amide bonds. The molecular weight excluding hydrogens is 465 g/mol. The first-order chi connectivity index (χ1) is 15.1. The highest BCUT2D eigenvalue weighted by Crippen LogP contribution is 2.34.